The molecular formula is C12H13N3O3S2. The highest BCUT2D eigenvalue weighted by Gasteiger charge is 2.18. The zero-order valence-corrected chi connectivity index (χ0v) is 12.3. The van der Waals surface area contributed by atoms with Crippen LogP contribution in [0.4, 0.5) is 0 Å². The Balaban J connectivity index is 2.13. The van der Waals surface area contributed by atoms with Crippen molar-refractivity contribution in [3.8, 4) is 11.8 Å². The van der Waals surface area contributed by atoms with Crippen molar-refractivity contribution < 1.29 is 13.5 Å². The highest BCUT2D eigenvalue weighted by molar-refractivity contribution is 7.89. The highest BCUT2D eigenvalue weighted by Crippen LogP contribution is 2.17. The number of H-pyrrole nitrogens is 1. The van der Waals surface area contributed by atoms with Crippen LogP contribution in [-0.2, 0) is 16.6 Å². The van der Waals surface area contributed by atoms with E-state index in [-0.39, 0.29) is 18.0 Å². The monoisotopic (exact) mass is 311 g/mol. The fourth-order valence-corrected chi connectivity index (χ4v) is 3.56. The summed E-state index contributed by atoms with van der Waals surface area (Å²) in [6.07, 6.45) is 1.28. The van der Waals surface area contributed by atoms with E-state index >= 15 is 0 Å². The molecule has 0 fully saturated rings. The maximum absolute atomic E-state index is 12.1. The van der Waals surface area contributed by atoms with Crippen LogP contribution in [0.2, 0.25) is 0 Å². The van der Waals surface area contributed by atoms with Gasteiger partial charge in [-0.05, 0) is 18.4 Å². The second-order valence-electron chi connectivity index (χ2n) is 3.90. The van der Waals surface area contributed by atoms with Crippen molar-refractivity contribution in [3.05, 3.63) is 33.8 Å². The number of aromatic nitrogens is 2. The largest absolute Gasteiger partial charge is 0.384 e. The molecule has 2 heterocycles. The normalized spacial score (nSPS) is 11.1. The van der Waals surface area contributed by atoms with E-state index in [1.807, 2.05) is 5.38 Å². The molecule has 2 aromatic heterocycles. The second-order valence-corrected chi connectivity index (χ2v) is 6.64. The summed E-state index contributed by atoms with van der Waals surface area (Å²) in [6, 6.07) is 1.79. The molecule has 2 aromatic rings. The minimum atomic E-state index is -3.60. The van der Waals surface area contributed by atoms with Gasteiger partial charge in [-0.15, -0.1) is 11.3 Å². The minimum absolute atomic E-state index is 0.136. The Morgan fingerprint density at radius 2 is 2.35 bits per heavy atom. The molecule has 2 rings (SSSR count). The molecule has 0 radical (unpaired) electrons. The first kappa shape index (κ1) is 14.7. The molecule has 0 aliphatic heterocycles. The third-order valence-corrected chi connectivity index (χ3v) is 4.98. The van der Waals surface area contributed by atoms with E-state index in [1.54, 1.807) is 13.0 Å². The molecule has 0 aliphatic rings. The summed E-state index contributed by atoms with van der Waals surface area (Å²) in [4.78, 5) is 0.938. The Morgan fingerprint density at radius 1 is 1.55 bits per heavy atom. The van der Waals surface area contributed by atoms with Gasteiger partial charge < -0.3 is 5.11 Å². The van der Waals surface area contributed by atoms with Gasteiger partial charge in [-0.2, -0.15) is 5.10 Å². The van der Waals surface area contributed by atoms with Crippen molar-refractivity contribution in [3.63, 3.8) is 0 Å². The SMILES string of the molecule is Cc1[nH]ncc1S(=O)(=O)NCc1sccc1C#CCO. The Hall–Kier alpha value is -1.66. The minimum Gasteiger partial charge on any atom is -0.384 e. The Kier molecular flexibility index (Phi) is 4.57. The lowest BCUT2D eigenvalue weighted by molar-refractivity contribution is 0.350. The molecule has 0 amide bonds. The van der Waals surface area contributed by atoms with Crippen LogP contribution in [0.1, 0.15) is 16.1 Å². The van der Waals surface area contributed by atoms with Gasteiger partial charge in [-0.25, -0.2) is 13.1 Å². The fourth-order valence-electron chi connectivity index (χ4n) is 1.57. The van der Waals surface area contributed by atoms with Crippen molar-refractivity contribution in [2.45, 2.75) is 18.4 Å². The summed E-state index contributed by atoms with van der Waals surface area (Å²) < 4.78 is 26.7. The van der Waals surface area contributed by atoms with E-state index < -0.39 is 10.0 Å². The van der Waals surface area contributed by atoms with Crippen LogP contribution >= 0.6 is 11.3 Å². The zero-order valence-electron chi connectivity index (χ0n) is 10.7. The van der Waals surface area contributed by atoms with E-state index in [0.29, 0.717) is 5.69 Å². The van der Waals surface area contributed by atoms with Crippen molar-refractivity contribution in [2.24, 2.45) is 0 Å². The standard InChI is InChI=1S/C12H13N3O3S2/c1-9-12(8-13-15-9)20(17,18)14-7-11-10(3-2-5-16)4-6-19-11/h4,6,8,14,16H,5,7H2,1H3,(H,13,15). The first-order valence-electron chi connectivity index (χ1n) is 5.70. The predicted octanol–water partition coefficient (Wildman–Crippen LogP) is 0.602. The summed E-state index contributed by atoms with van der Waals surface area (Å²) >= 11 is 1.41. The number of sulfonamides is 1. The smallest absolute Gasteiger partial charge is 0.244 e. The summed E-state index contributed by atoms with van der Waals surface area (Å²) in [7, 11) is -3.60. The number of aryl methyl sites for hydroxylation is 1. The fraction of sp³-hybridized carbons (Fsp3) is 0.250. The van der Waals surface area contributed by atoms with Gasteiger partial charge >= 0.3 is 0 Å². The summed E-state index contributed by atoms with van der Waals surface area (Å²) in [5, 5.41) is 16.8. The average Bonchev–Trinajstić information content (AvgIpc) is 3.02. The number of rotatable bonds is 4. The van der Waals surface area contributed by atoms with Crippen molar-refractivity contribution in [1.29, 1.82) is 0 Å². The maximum atomic E-state index is 12.1. The molecule has 0 spiro atoms. The molecule has 0 aliphatic carbocycles. The summed E-state index contributed by atoms with van der Waals surface area (Å²) in [5.41, 5.74) is 1.21. The van der Waals surface area contributed by atoms with Crippen LogP contribution in [-0.4, -0.2) is 30.3 Å². The van der Waals surface area contributed by atoms with E-state index in [2.05, 4.69) is 26.8 Å². The summed E-state index contributed by atoms with van der Waals surface area (Å²) in [5.74, 6) is 5.33. The van der Waals surface area contributed by atoms with Crippen LogP contribution in [0.15, 0.2) is 22.5 Å². The number of aliphatic hydroxyl groups is 1. The Labute approximate surface area is 120 Å². The first-order valence-corrected chi connectivity index (χ1v) is 8.06. The van der Waals surface area contributed by atoms with E-state index in [0.717, 1.165) is 10.4 Å². The van der Waals surface area contributed by atoms with Crippen LogP contribution < -0.4 is 4.72 Å². The maximum Gasteiger partial charge on any atom is 0.244 e. The molecule has 0 unspecified atom stereocenters. The number of nitrogens with one attached hydrogen (secondary N) is 2. The van der Waals surface area contributed by atoms with Gasteiger partial charge in [0.15, 0.2) is 0 Å². The molecule has 0 saturated heterocycles. The molecular weight excluding hydrogens is 298 g/mol. The number of aromatic amines is 1. The van der Waals surface area contributed by atoms with Crippen LogP contribution in [0.5, 0.6) is 0 Å². The number of nitrogens with zero attached hydrogens (tertiary/aromatic N) is 1. The third kappa shape index (κ3) is 3.26. The Bertz CT molecular complexity index is 750. The molecule has 20 heavy (non-hydrogen) atoms. The van der Waals surface area contributed by atoms with Crippen LogP contribution in [0, 0.1) is 18.8 Å². The van der Waals surface area contributed by atoms with Crippen molar-refractivity contribution in [2.75, 3.05) is 6.61 Å². The quantitative estimate of drug-likeness (QED) is 0.721. The predicted molar refractivity (Wildman–Crippen MR) is 75.6 cm³/mol. The summed E-state index contributed by atoms with van der Waals surface area (Å²) in [6.45, 7) is 1.57. The van der Waals surface area contributed by atoms with Crippen molar-refractivity contribution in [1.82, 2.24) is 14.9 Å². The third-order valence-electron chi connectivity index (χ3n) is 2.54. The highest BCUT2D eigenvalue weighted by atomic mass is 32.2. The van der Waals surface area contributed by atoms with Crippen LogP contribution in [0.25, 0.3) is 0 Å². The van der Waals surface area contributed by atoms with Gasteiger partial charge in [-0.3, -0.25) is 5.10 Å². The molecule has 6 nitrogen and oxygen atoms in total. The van der Waals surface area contributed by atoms with Gasteiger partial charge in [0, 0.05) is 17.0 Å². The molecule has 0 bridgehead atoms. The molecule has 0 atom stereocenters. The average molecular weight is 311 g/mol. The van der Waals surface area contributed by atoms with Gasteiger partial charge in [0.25, 0.3) is 0 Å². The topological polar surface area (TPSA) is 95.1 Å². The molecule has 3 N–H and O–H groups in total. The lowest BCUT2D eigenvalue weighted by Crippen LogP contribution is -2.23. The molecule has 106 valence electrons. The molecule has 0 saturated carbocycles. The number of aliphatic hydroxyl groups excluding tert-OH is 1. The number of hydrogen-bond donors (Lipinski definition) is 3. The van der Waals surface area contributed by atoms with Gasteiger partial charge in [-0.1, -0.05) is 11.8 Å². The second kappa shape index (κ2) is 6.19. The Morgan fingerprint density at radius 3 is 3.00 bits per heavy atom. The first-order chi connectivity index (χ1) is 9.54. The van der Waals surface area contributed by atoms with Gasteiger partial charge in [0.05, 0.1) is 11.9 Å². The van der Waals surface area contributed by atoms with E-state index in [4.69, 9.17) is 5.11 Å². The van der Waals surface area contributed by atoms with Gasteiger partial charge in [0.1, 0.15) is 11.5 Å². The lowest BCUT2D eigenvalue weighted by Gasteiger charge is -2.04. The van der Waals surface area contributed by atoms with E-state index in [1.165, 1.54) is 17.5 Å². The molecule has 0 aromatic carbocycles. The van der Waals surface area contributed by atoms with Crippen LogP contribution in [0.3, 0.4) is 0 Å². The lowest BCUT2D eigenvalue weighted by atomic mass is 10.2. The number of thiophene rings is 1. The molecule has 8 heteroatoms. The van der Waals surface area contributed by atoms with E-state index in [9.17, 15) is 8.42 Å². The van der Waals surface area contributed by atoms with Gasteiger partial charge in [0.2, 0.25) is 10.0 Å². The number of hydrogen-bond acceptors (Lipinski definition) is 5. The zero-order chi connectivity index (χ0) is 14.6. The van der Waals surface area contributed by atoms with Crippen molar-refractivity contribution >= 4 is 21.4 Å².